The Balaban J connectivity index is 1.79. The third-order valence-corrected chi connectivity index (χ3v) is 6.78. The molecule has 0 aromatic heterocycles. The van der Waals surface area contributed by atoms with Crippen molar-refractivity contribution in [1.82, 2.24) is 4.31 Å². The fourth-order valence-electron chi connectivity index (χ4n) is 2.98. The number of halogens is 5. The van der Waals surface area contributed by atoms with Crippen LogP contribution in [0, 0.1) is 5.82 Å². The molecule has 34 heavy (non-hydrogen) atoms. The largest absolute Gasteiger partial charge is 0.482 e. The number of benzene rings is 2. The van der Waals surface area contributed by atoms with E-state index >= 15 is 0 Å². The van der Waals surface area contributed by atoms with E-state index in [4.69, 9.17) is 21.1 Å². The van der Waals surface area contributed by atoms with Crippen molar-refractivity contribution < 1.29 is 40.2 Å². The highest BCUT2D eigenvalue weighted by atomic mass is 35.5. The van der Waals surface area contributed by atoms with E-state index in [2.05, 4.69) is 10.6 Å². The maximum atomic E-state index is 13.3. The van der Waals surface area contributed by atoms with Crippen LogP contribution in [0.5, 0.6) is 5.75 Å². The molecule has 1 amide bonds. The minimum absolute atomic E-state index is 0.125. The molecule has 1 heterocycles. The SMILES string of the molecule is O=C(CNc1cc(S(=O)(=O)N2CCOCC2)ccc1OCC(F)(F)F)Nc1ccc(F)c(Cl)c1. The van der Waals surface area contributed by atoms with Crippen molar-refractivity contribution in [2.75, 3.05) is 50.1 Å². The van der Waals surface area contributed by atoms with Gasteiger partial charge < -0.3 is 20.1 Å². The first-order valence-electron chi connectivity index (χ1n) is 9.86. The predicted molar refractivity (Wildman–Crippen MR) is 116 cm³/mol. The molecule has 1 saturated heterocycles. The van der Waals surface area contributed by atoms with Gasteiger partial charge in [0.05, 0.1) is 35.4 Å². The van der Waals surface area contributed by atoms with Crippen molar-refractivity contribution in [3.8, 4) is 5.75 Å². The van der Waals surface area contributed by atoms with Crippen LogP contribution in [0.3, 0.4) is 0 Å². The van der Waals surface area contributed by atoms with Gasteiger partial charge in [-0.1, -0.05) is 11.6 Å². The highest BCUT2D eigenvalue weighted by molar-refractivity contribution is 7.89. The lowest BCUT2D eigenvalue weighted by molar-refractivity contribution is -0.153. The Bertz CT molecular complexity index is 1140. The van der Waals surface area contributed by atoms with Crippen LogP contribution in [0.1, 0.15) is 0 Å². The summed E-state index contributed by atoms with van der Waals surface area (Å²) in [7, 11) is -3.96. The van der Waals surface area contributed by atoms with E-state index in [9.17, 15) is 30.8 Å². The molecule has 0 spiro atoms. The van der Waals surface area contributed by atoms with Gasteiger partial charge in [-0.15, -0.1) is 0 Å². The van der Waals surface area contributed by atoms with Gasteiger partial charge in [0, 0.05) is 18.8 Å². The molecular weight excluding hydrogens is 506 g/mol. The number of rotatable bonds is 8. The number of sulfonamides is 1. The van der Waals surface area contributed by atoms with Crippen molar-refractivity contribution in [3.63, 3.8) is 0 Å². The summed E-state index contributed by atoms with van der Waals surface area (Å²) in [5, 5.41) is 4.82. The number of carbonyl (C=O) groups excluding carboxylic acids is 1. The van der Waals surface area contributed by atoms with Gasteiger partial charge in [0.15, 0.2) is 6.61 Å². The lowest BCUT2D eigenvalue weighted by atomic mass is 10.3. The van der Waals surface area contributed by atoms with Crippen molar-refractivity contribution >= 4 is 38.9 Å². The molecule has 0 aliphatic carbocycles. The molecule has 0 saturated carbocycles. The number of ether oxygens (including phenoxy) is 2. The van der Waals surface area contributed by atoms with E-state index in [-0.39, 0.29) is 53.3 Å². The predicted octanol–water partition coefficient (Wildman–Crippen LogP) is 3.49. The molecule has 3 rings (SSSR count). The third-order valence-electron chi connectivity index (χ3n) is 4.59. The smallest absolute Gasteiger partial charge is 0.422 e. The van der Waals surface area contributed by atoms with Crippen LogP contribution >= 0.6 is 11.6 Å². The van der Waals surface area contributed by atoms with Gasteiger partial charge in [0.1, 0.15) is 11.6 Å². The molecule has 14 heteroatoms. The number of carbonyl (C=O) groups is 1. The number of hydrogen-bond acceptors (Lipinski definition) is 6. The first-order chi connectivity index (χ1) is 16.0. The Hall–Kier alpha value is -2.61. The number of hydrogen-bond donors (Lipinski definition) is 2. The van der Waals surface area contributed by atoms with Crippen LogP contribution in [0.25, 0.3) is 0 Å². The average Bonchev–Trinajstić information content (AvgIpc) is 2.79. The number of nitrogens with one attached hydrogen (secondary N) is 2. The van der Waals surface area contributed by atoms with E-state index in [0.717, 1.165) is 24.3 Å². The van der Waals surface area contributed by atoms with Crippen LogP contribution < -0.4 is 15.4 Å². The molecule has 2 N–H and O–H groups in total. The van der Waals surface area contributed by atoms with Gasteiger partial charge in [-0.25, -0.2) is 12.8 Å². The summed E-state index contributed by atoms with van der Waals surface area (Å²) in [4.78, 5) is 12.1. The topological polar surface area (TPSA) is 97.0 Å². The Kier molecular flexibility index (Phi) is 8.23. The second-order valence-corrected chi connectivity index (χ2v) is 9.45. The quantitative estimate of drug-likeness (QED) is 0.512. The Morgan fingerprint density at radius 3 is 2.50 bits per heavy atom. The van der Waals surface area contributed by atoms with E-state index in [0.29, 0.717) is 0 Å². The summed E-state index contributed by atoms with van der Waals surface area (Å²) in [6.07, 6.45) is -4.63. The molecule has 186 valence electrons. The molecule has 0 atom stereocenters. The van der Waals surface area contributed by atoms with Gasteiger partial charge in [-0.3, -0.25) is 4.79 Å². The molecule has 8 nitrogen and oxygen atoms in total. The van der Waals surface area contributed by atoms with Crippen LogP contribution in [0.2, 0.25) is 5.02 Å². The maximum absolute atomic E-state index is 13.3. The summed E-state index contributed by atoms with van der Waals surface area (Å²) < 4.78 is 88.1. The number of anilines is 2. The van der Waals surface area contributed by atoms with Crippen molar-refractivity contribution in [1.29, 1.82) is 0 Å². The molecule has 1 fully saturated rings. The van der Waals surface area contributed by atoms with E-state index < -0.39 is 41.1 Å². The van der Waals surface area contributed by atoms with E-state index in [1.54, 1.807) is 0 Å². The number of amides is 1. The number of alkyl halides is 3. The average molecular weight is 526 g/mol. The van der Waals surface area contributed by atoms with Crippen LogP contribution in [0.4, 0.5) is 28.9 Å². The standard InChI is InChI=1S/C20H20ClF4N3O5S/c21-15-9-13(1-3-16(15)22)27-19(29)11-26-17-10-14(2-4-18(17)33-12-20(23,24)25)34(30,31)28-5-7-32-8-6-28/h1-4,9-10,26H,5-8,11-12H2,(H,27,29). The summed E-state index contributed by atoms with van der Waals surface area (Å²) in [5.41, 5.74) is 0.0567. The lowest BCUT2D eigenvalue weighted by Gasteiger charge is -2.26. The van der Waals surface area contributed by atoms with E-state index in [1.807, 2.05) is 0 Å². The fraction of sp³-hybridized carbons (Fsp3) is 0.350. The second kappa shape index (κ2) is 10.8. The zero-order valence-corrected chi connectivity index (χ0v) is 19.1. The lowest BCUT2D eigenvalue weighted by Crippen LogP contribution is -2.40. The second-order valence-electron chi connectivity index (χ2n) is 7.11. The summed E-state index contributed by atoms with van der Waals surface area (Å²) in [6.45, 7) is -1.40. The molecule has 0 bridgehead atoms. The molecule has 0 unspecified atom stereocenters. The molecule has 2 aromatic rings. The number of nitrogens with zero attached hydrogens (tertiary/aromatic N) is 1. The van der Waals surface area contributed by atoms with Crippen LogP contribution in [-0.2, 0) is 19.6 Å². The normalized spacial score (nSPS) is 15.1. The Morgan fingerprint density at radius 1 is 1.15 bits per heavy atom. The third kappa shape index (κ3) is 6.95. The van der Waals surface area contributed by atoms with Crippen molar-refractivity contribution in [3.05, 3.63) is 47.2 Å². The summed E-state index contributed by atoms with van der Waals surface area (Å²) in [6, 6.07) is 6.81. The van der Waals surface area contributed by atoms with Crippen molar-refractivity contribution in [2.24, 2.45) is 0 Å². The fourth-order valence-corrected chi connectivity index (χ4v) is 4.60. The molecule has 0 radical (unpaired) electrons. The summed E-state index contributed by atoms with van der Waals surface area (Å²) in [5.74, 6) is -1.62. The molecular formula is C20H20ClF4N3O5S. The first kappa shape index (κ1) is 26.0. The molecule has 1 aliphatic rings. The zero-order valence-electron chi connectivity index (χ0n) is 17.5. The van der Waals surface area contributed by atoms with Gasteiger partial charge in [0.2, 0.25) is 15.9 Å². The molecule has 2 aromatic carbocycles. The Morgan fingerprint density at radius 2 is 1.85 bits per heavy atom. The highest BCUT2D eigenvalue weighted by Crippen LogP contribution is 2.31. The highest BCUT2D eigenvalue weighted by Gasteiger charge is 2.30. The van der Waals surface area contributed by atoms with E-state index in [1.165, 1.54) is 16.4 Å². The number of morpholine rings is 1. The van der Waals surface area contributed by atoms with Gasteiger partial charge in [-0.05, 0) is 36.4 Å². The minimum Gasteiger partial charge on any atom is -0.482 e. The van der Waals surface area contributed by atoms with Gasteiger partial charge in [0.25, 0.3) is 0 Å². The maximum Gasteiger partial charge on any atom is 0.422 e. The van der Waals surface area contributed by atoms with Crippen LogP contribution in [-0.4, -0.2) is 64.3 Å². The summed E-state index contributed by atoms with van der Waals surface area (Å²) >= 11 is 5.67. The van der Waals surface area contributed by atoms with Gasteiger partial charge >= 0.3 is 6.18 Å². The Labute approximate surface area is 197 Å². The minimum atomic E-state index is -4.63. The monoisotopic (exact) mass is 525 g/mol. The van der Waals surface area contributed by atoms with Crippen molar-refractivity contribution in [2.45, 2.75) is 11.1 Å². The first-order valence-corrected chi connectivity index (χ1v) is 11.7. The van der Waals surface area contributed by atoms with Gasteiger partial charge in [-0.2, -0.15) is 17.5 Å². The molecule has 1 aliphatic heterocycles. The zero-order chi connectivity index (χ0) is 24.9. The van der Waals surface area contributed by atoms with Crippen LogP contribution in [0.15, 0.2) is 41.3 Å².